The molecule has 138 valence electrons. The standard InChI is InChI=1S/C21H20ClN3O2/c1-3-19(26)25-17-8-6-14(7-9-17)13(2)24-21(27)18-12-16(22)11-15-5-4-10-23-20(15)18/h4-13H,3H2,1-2H3,(H,24,27)(H,25,26). The number of nitrogens with zero attached hydrogens (tertiary/aromatic N) is 1. The van der Waals surface area contributed by atoms with Gasteiger partial charge in [0.1, 0.15) is 0 Å². The number of halogens is 1. The minimum atomic E-state index is -0.239. The van der Waals surface area contributed by atoms with Crippen molar-refractivity contribution in [1.29, 1.82) is 0 Å². The number of pyridine rings is 1. The third kappa shape index (κ3) is 4.44. The number of carbonyl (C=O) groups is 2. The van der Waals surface area contributed by atoms with E-state index >= 15 is 0 Å². The maximum Gasteiger partial charge on any atom is 0.254 e. The second-order valence-electron chi connectivity index (χ2n) is 6.25. The Morgan fingerprint density at radius 2 is 1.89 bits per heavy atom. The van der Waals surface area contributed by atoms with Crippen LogP contribution in [0.3, 0.4) is 0 Å². The van der Waals surface area contributed by atoms with Gasteiger partial charge in [-0.2, -0.15) is 0 Å². The molecule has 0 saturated carbocycles. The normalized spacial score (nSPS) is 11.8. The van der Waals surface area contributed by atoms with Crippen LogP contribution in [0, 0.1) is 0 Å². The largest absolute Gasteiger partial charge is 0.345 e. The number of fused-ring (bicyclic) bond motifs is 1. The number of rotatable bonds is 5. The third-order valence-corrected chi connectivity index (χ3v) is 4.50. The third-order valence-electron chi connectivity index (χ3n) is 4.28. The molecule has 1 atom stereocenters. The Hall–Kier alpha value is -2.92. The van der Waals surface area contributed by atoms with Crippen LogP contribution in [0.1, 0.15) is 42.2 Å². The molecular weight excluding hydrogens is 362 g/mol. The minimum absolute atomic E-state index is 0.0376. The average Bonchev–Trinajstić information content (AvgIpc) is 2.67. The van der Waals surface area contributed by atoms with Crippen LogP contribution in [0.15, 0.2) is 54.7 Å². The first-order chi connectivity index (χ1) is 13.0. The smallest absolute Gasteiger partial charge is 0.254 e. The van der Waals surface area contributed by atoms with Crippen LogP contribution in [0.4, 0.5) is 5.69 Å². The van der Waals surface area contributed by atoms with Crippen molar-refractivity contribution in [3.05, 3.63) is 70.9 Å². The highest BCUT2D eigenvalue weighted by atomic mass is 35.5. The monoisotopic (exact) mass is 381 g/mol. The zero-order chi connectivity index (χ0) is 19.4. The van der Waals surface area contributed by atoms with E-state index in [0.29, 0.717) is 22.5 Å². The highest BCUT2D eigenvalue weighted by Gasteiger charge is 2.16. The maximum atomic E-state index is 12.8. The molecule has 27 heavy (non-hydrogen) atoms. The fourth-order valence-electron chi connectivity index (χ4n) is 2.79. The van der Waals surface area contributed by atoms with E-state index in [1.807, 2.05) is 43.3 Å². The van der Waals surface area contributed by atoms with Crippen molar-refractivity contribution in [2.24, 2.45) is 0 Å². The molecule has 0 aliphatic carbocycles. The highest BCUT2D eigenvalue weighted by molar-refractivity contribution is 6.32. The molecule has 5 nitrogen and oxygen atoms in total. The van der Waals surface area contributed by atoms with Crippen LogP contribution in [-0.2, 0) is 4.79 Å². The Morgan fingerprint density at radius 3 is 2.59 bits per heavy atom. The van der Waals surface area contributed by atoms with Gasteiger partial charge >= 0.3 is 0 Å². The average molecular weight is 382 g/mol. The van der Waals surface area contributed by atoms with Gasteiger partial charge in [0.2, 0.25) is 5.91 Å². The van der Waals surface area contributed by atoms with Crippen LogP contribution < -0.4 is 10.6 Å². The van der Waals surface area contributed by atoms with Gasteiger partial charge in [0.05, 0.1) is 17.1 Å². The summed E-state index contributed by atoms with van der Waals surface area (Å²) in [5.74, 6) is -0.276. The van der Waals surface area contributed by atoms with Crippen LogP contribution in [0.2, 0.25) is 5.02 Å². The summed E-state index contributed by atoms with van der Waals surface area (Å²) in [6.45, 7) is 3.70. The van der Waals surface area contributed by atoms with Gasteiger partial charge in [0, 0.05) is 28.7 Å². The molecule has 0 aliphatic heterocycles. The van der Waals surface area contributed by atoms with Crippen LogP contribution in [-0.4, -0.2) is 16.8 Å². The summed E-state index contributed by atoms with van der Waals surface area (Å²) < 4.78 is 0. The number of anilines is 1. The van der Waals surface area contributed by atoms with Gasteiger partial charge in [0.25, 0.3) is 5.91 Å². The molecule has 0 bridgehead atoms. The number of amides is 2. The molecule has 1 heterocycles. The van der Waals surface area contributed by atoms with E-state index in [1.165, 1.54) is 0 Å². The van der Waals surface area contributed by atoms with Gasteiger partial charge in [-0.05, 0) is 42.8 Å². The van der Waals surface area contributed by atoms with Crippen molar-refractivity contribution in [2.45, 2.75) is 26.3 Å². The van der Waals surface area contributed by atoms with Gasteiger partial charge < -0.3 is 10.6 Å². The van der Waals surface area contributed by atoms with E-state index in [4.69, 9.17) is 11.6 Å². The summed E-state index contributed by atoms with van der Waals surface area (Å²) in [6.07, 6.45) is 2.08. The zero-order valence-electron chi connectivity index (χ0n) is 15.1. The summed E-state index contributed by atoms with van der Waals surface area (Å²) in [6, 6.07) is 14.3. The molecule has 0 radical (unpaired) electrons. The number of benzene rings is 2. The lowest BCUT2D eigenvalue weighted by molar-refractivity contribution is -0.115. The van der Waals surface area contributed by atoms with Crippen molar-refractivity contribution in [3.8, 4) is 0 Å². The Labute approximate surface area is 162 Å². The summed E-state index contributed by atoms with van der Waals surface area (Å²) in [5, 5.41) is 7.09. The molecule has 2 N–H and O–H groups in total. The van der Waals surface area contributed by atoms with Gasteiger partial charge in [-0.25, -0.2) is 0 Å². The van der Waals surface area contributed by atoms with E-state index in [1.54, 1.807) is 25.3 Å². The Morgan fingerprint density at radius 1 is 1.15 bits per heavy atom. The fourth-order valence-corrected chi connectivity index (χ4v) is 3.02. The van der Waals surface area contributed by atoms with Gasteiger partial charge in [-0.3, -0.25) is 14.6 Å². The Balaban J connectivity index is 1.77. The predicted octanol–water partition coefficient (Wildman–Crippen LogP) is 4.73. The maximum absolute atomic E-state index is 12.8. The molecule has 0 fully saturated rings. The number of hydrogen-bond donors (Lipinski definition) is 2. The van der Waals surface area contributed by atoms with Crippen LogP contribution in [0.25, 0.3) is 10.9 Å². The predicted molar refractivity (Wildman–Crippen MR) is 108 cm³/mol. The summed E-state index contributed by atoms with van der Waals surface area (Å²) in [5.41, 5.74) is 2.72. The number of nitrogens with one attached hydrogen (secondary N) is 2. The van der Waals surface area contributed by atoms with Gasteiger partial charge in [-0.1, -0.05) is 36.7 Å². The molecule has 0 spiro atoms. The second kappa shape index (κ2) is 8.18. The molecule has 0 aliphatic rings. The Bertz CT molecular complexity index is 986. The number of hydrogen-bond acceptors (Lipinski definition) is 3. The molecule has 1 unspecified atom stereocenters. The molecule has 3 aromatic rings. The minimum Gasteiger partial charge on any atom is -0.345 e. The fraction of sp³-hybridized carbons (Fsp3) is 0.190. The Kier molecular flexibility index (Phi) is 5.72. The van der Waals surface area contributed by atoms with Crippen molar-refractivity contribution >= 4 is 40.0 Å². The SMILES string of the molecule is CCC(=O)Nc1ccc(C(C)NC(=O)c2cc(Cl)cc3cccnc23)cc1. The highest BCUT2D eigenvalue weighted by Crippen LogP contribution is 2.23. The lowest BCUT2D eigenvalue weighted by atomic mass is 10.1. The molecular formula is C21H20ClN3O2. The summed E-state index contributed by atoms with van der Waals surface area (Å²) >= 11 is 6.15. The molecule has 1 aromatic heterocycles. The first-order valence-corrected chi connectivity index (χ1v) is 9.10. The lowest BCUT2D eigenvalue weighted by Crippen LogP contribution is -2.27. The first kappa shape index (κ1) is 18.9. The van der Waals surface area contributed by atoms with Crippen LogP contribution >= 0.6 is 11.6 Å². The number of aromatic nitrogens is 1. The molecule has 6 heteroatoms. The van der Waals surface area contributed by atoms with E-state index in [0.717, 1.165) is 16.6 Å². The van der Waals surface area contributed by atoms with E-state index in [9.17, 15) is 9.59 Å². The molecule has 0 saturated heterocycles. The van der Waals surface area contributed by atoms with Gasteiger partial charge in [-0.15, -0.1) is 0 Å². The van der Waals surface area contributed by atoms with Crippen LogP contribution in [0.5, 0.6) is 0 Å². The summed E-state index contributed by atoms with van der Waals surface area (Å²) in [4.78, 5) is 28.5. The van der Waals surface area contributed by atoms with Gasteiger partial charge in [0.15, 0.2) is 0 Å². The van der Waals surface area contributed by atoms with Crippen molar-refractivity contribution in [2.75, 3.05) is 5.32 Å². The van der Waals surface area contributed by atoms with Crippen molar-refractivity contribution in [3.63, 3.8) is 0 Å². The topological polar surface area (TPSA) is 71.1 Å². The molecule has 3 rings (SSSR count). The molecule has 2 amide bonds. The number of carbonyl (C=O) groups excluding carboxylic acids is 2. The van der Waals surface area contributed by atoms with E-state index in [2.05, 4.69) is 15.6 Å². The zero-order valence-corrected chi connectivity index (χ0v) is 15.9. The quantitative estimate of drug-likeness (QED) is 0.671. The second-order valence-corrected chi connectivity index (χ2v) is 6.68. The van der Waals surface area contributed by atoms with Crippen molar-refractivity contribution < 1.29 is 9.59 Å². The first-order valence-electron chi connectivity index (χ1n) is 8.73. The molecule has 2 aromatic carbocycles. The van der Waals surface area contributed by atoms with E-state index < -0.39 is 0 Å². The lowest BCUT2D eigenvalue weighted by Gasteiger charge is -2.16. The van der Waals surface area contributed by atoms with Crippen molar-refractivity contribution in [1.82, 2.24) is 10.3 Å². The van der Waals surface area contributed by atoms with E-state index in [-0.39, 0.29) is 17.9 Å². The summed E-state index contributed by atoms with van der Waals surface area (Å²) in [7, 11) is 0.